The molecule has 136 valence electrons. The van der Waals surface area contributed by atoms with Gasteiger partial charge in [0.05, 0.1) is 18.0 Å². The zero-order valence-electron chi connectivity index (χ0n) is 14.6. The normalized spacial score (nSPS) is 10.9. The molecule has 0 unspecified atom stereocenters. The average Bonchev–Trinajstić information content (AvgIpc) is 3.24. The number of rotatable bonds is 7. The molecule has 8 nitrogen and oxygen atoms in total. The smallest absolute Gasteiger partial charge is 0.234 e. The van der Waals surface area contributed by atoms with Gasteiger partial charge in [0.1, 0.15) is 11.6 Å². The first-order valence-electron chi connectivity index (χ1n) is 8.08. The van der Waals surface area contributed by atoms with Crippen molar-refractivity contribution >= 4 is 23.4 Å². The van der Waals surface area contributed by atoms with Crippen LogP contribution in [0, 0.1) is 13.8 Å². The Hall–Kier alpha value is -2.65. The van der Waals surface area contributed by atoms with Crippen molar-refractivity contribution in [3.8, 4) is 11.4 Å². The van der Waals surface area contributed by atoms with E-state index in [-0.39, 0.29) is 5.91 Å². The number of aryl methyl sites for hydroxylation is 2. The van der Waals surface area contributed by atoms with Gasteiger partial charge in [-0.15, -0.1) is 11.8 Å². The summed E-state index contributed by atoms with van der Waals surface area (Å²) in [4.78, 5) is 16.4. The molecule has 4 N–H and O–H groups in total. The van der Waals surface area contributed by atoms with Crippen LogP contribution in [0.1, 0.15) is 22.8 Å². The monoisotopic (exact) mass is 372 g/mol. The fourth-order valence-corrected chi connectivity index (χ4v) is 3.35. The molecule has 1 aromatic carbocycles. The molecule has 0 radical (unpaired) electrons. The van der Waals surface area contributed by atoms with E-state index >= 15 is 0 Å². The Balaban J connectivity index is 1.51. The minimum absolute atomic E-state index is 0.0576. The van der Waals surface area contributed by atoms with Gasteiger partial charge >= 0.3 is 0 Å². The molecule has 0 fully saturated rings. The van der Waals surface area contributed by atoms with E-state index in [0.717, 1.165) is 28.3 Å². The Morgan fingerprint density at radius 2 is 2.08 bits per heavy atom. The van der Waals surface area contributed by atoms with Crippen LogP contribution in [0.3, 0.4) is 0 Å². The number of hydrogen-bond donors (Lipinski definition) is 3. The molecule has 0 bridgehead atoms. The third-order valence-corrected chi connectivity index (χ3v) is 4.77. The van der Waals surface area contributed by atoms with Crippen LogP contribution in [0.2, 0.25) is 0 Å². The summed E-state index contributed by atoms with van der Waals surface area (Å²) in [6.07, 6.45) is 0. The number of benzene rings is 1. The van der Waals surface area contributed by atoms with Crippen LogP contribution in [0.15, 0.2) is 28.8 Å². The summed E-state index contributed by atoms with van der Waals surface area (Å²) in [6, 6.07) is 7.36. The number of thioether (sulfide) groups is 1. The summed E-state index contributed by atoms with van der Waals surface area (Å²) in [5.74, 6) is 3.01. The van der Waals surface area contributed by atoms with Crippen molar-refractivity contribution in [2.45, 2.75) is 26.1 Å². The molecule has 0 aliphatic rings. The van der Waals surface area contributed by atoms with Crippen LogP contribution in [0.25, 0.3) is 11.4 Å². The zero-order valence-corrected chi connectivity index (χ0v) is 15.4. The van der Waals surface area contributed by atoms with Gasteiger partial charge < -0.3 is 15.6 Å². The van der Waals surface area contributed by atoms with E-state index in [1.165, 1.54) is 11.8 Å². The number of aromatic amines is 1. The first kappa shape index (κ1) is 18.2. The summed E-state index contributed by atoms with van der Waals surface area (Å²) in [5.41, 5.74) is 9.02. The van der Waals surface area contributed by atoms with Crippen LogP contribution in [-0.4, -0.2) is 32.0 Å². The third-order valence-electron chi connectivity index (χ3n) is 3.81. The Kier molecular flexibility index (Phi) is 5.69. The fourth-order valence-electron chi connectivity index (χ4n) is 2.37. The van der Waals surface area contributed by atoms with Crippen LogP contribution in [-0.2, 0) is 17.1 Å². The number of anilines is 1. The standard InChI is InChI=1S/C17H20N6O2S/c1-10-14(11(2)25-23-10)8-26-9-16(24)19-13-5-3-12(4-6-13)17-20-15(7-18)21-22-17/h3-6H,7-9,18H2,1-2H3,(H,19,24)(H,20,21,22). The first-order chi connectivity index (χ1) is 12.6. The largest absolute Gasteiger partial charge is 0.361 e. The maximum atomic E-state index is 12.1. The lowest BCUT2D eigenvalue weighted by atomic mass is 10.2. The number of hydrogen-bond acceptors (Lipinski definition) is 7. The van der Waals surface area contributed by atoms with E-state index in [9.17, 15) is 4.79 Å². The molecule has 2 heterocycles. The molecule has 3 aromatic rings. The van der Waals surface area contributed by atoms with E-state index in [4.69, 9.17) is 10.3 Å². The molecule has 0 spiro atoms. The van der Waals surface area contributed by atoms with Gasteiger partial charge in [-0.2, -0.15) is 5.10 Å². The molecule has 0 saturated heterocycles. The zero-order chi connectivity index (χ0) is 18.5. The quantitative estimate of drug-likeness (QED) is 0.582. The minimum Gasteiger partial charge on any atom is -0.361 e. The van der Waals surface area contributed by atoms with Crippen molar-refractivity contribution in [3.05, 3.63) is 47.1 Å². The first-order valence-corrected chi connectivity index (χ1v) is 9.23. The van der Waals surface area contributed by atoms with Crippen LogP contribution >= 0.6 is 11.8 Å². The van der Waals surface area contributed by atoms with Gasteiger partial charge in [-0.25, -0.2) is 4.98 Å². The van der Waals surface area contributed by atoms with Gasteiger partial charge in [-0.3, -0.25) is 9.89 Å². The number of aromatic nitrogens is 4. The number of nitrogens with two attached hydrogens (primary N) is 1. The minimum atomic E-state index is -0.0576. The van der Waals surface area contributed by atoms with Crippen molar-refractivity contribution in [1.82, 2.24) is 20.3 Å². The van der Waals surface area contributed by atoms with E-state index in [1.807, 2.05) is 38.1 Å². The highest BCUT2D eigenvalue weighted by atomic mass is 32.2. The maximum absolute atomic E-state index is 12.1. The predicted molar refractivity (Wildman–Crippen MR) is 100 cm³/mol. The van der Waals surface area contributed by atoms with Crippen molar-refractivity contribution in [2.24, 2.45) is 5.73 Å². The Labute approximate surface area is 154 Å². The highest BCUT2D eigenvalue weighted by Gasteiger charge is 2.11. The number of H-pyrrole nitrogens is 1. The van der Waals surface area contributed by atoms with Crippen molar-refractivity contribution < 1.29 is 9.32 Å². The molecular weight excluding hydrogens is 352 g/mol. The highest BCUT2D eigenvalue weighted by Crippen LogP contribution is 2.21. The number of nitrogens with one attached hydrogen (secondary N) is 2. The Morgan fingerprint density at radius 1 is 1.31 bits per heavy atom. The molecular formula is C17H20N6O2S. The summed E-state index contributed by atoms with van der Waals surface area (Å²) in [6.45, 7) is 4.09. The molecule has 0 saturated carbocycles. The second kappa shape index (κ2) is 8.15. The van der Waals surface area contributed by atoms with Crippen molar-refractivity contribution in [3.63, 3.8) is 0 Å². The van der Waals surface area contributed by atoms with Gasteiger partial charge in [0.15, 0.2) is 5.82 Å². The molecule has 0 aliphatic carbocycles. The molecule has 9 heteroatoms. The summed E-state index contributed by atoms with van der Waals surface area (Å²) < 4.78 is 5.12. The Bertz CT molecular complexity index is 868. The summed E-state index contributed by atoms with van der Waals surface area (Å²) >= 11 is 1.52. The second-order valence-electron chi connectivity index (χ2n) is 5.73. The molecule has 0 atom stereocenters. The topological polar surface area (TPSA) is 123 Å². The molecule has 1 amide bonds. The maximum Gasteiger partial charge on any atom is 0.234 e. The highest BCUT2D eigenvalue weighted by molar-refractivity contribution is 7.99. The number of nitrogens with zero attached hydrogens (tertiary/aromatic N) is 3. The number of carbonyl (C=O) groups is 1. The average molecular weight is 372 g/mol. The van der Waals surface area contributed by atoms with Gasteiger partial charge in [-0.05, 0) is 38.1 Å². The fraction of sp³-hybridized carbons (Fsp3) is 0.294. The van der Waals surface area contributed by atoms with E-state index < -0.39 is 0 Å². The molecule has 2 aromatic heterocycles. The lowest BCUT2D eigenvalue weighted by molar-refractivity contribution is -0.113. The number of carbonyl (C=O) groups excluding carboxylic acids is 1. The third kappa shape index (κ3) is 4.30. The van der Waals surface area contributed by atoms with Gasteiger partial charge in [-0.1, -0.05) is 5.16 Å². The second-order valence-corrected chi connectivity index (χ2v) is 6.72. The predicted octanol–water partition coefficient (Wildman–Crippen LogP) is 2.41. The molecule has 3 rings (SSSR count). The van der Waals surface area contributed by atoms with E-state index in [0.29, 0.717) is 29.7 Å². The van der Waals surface area contributed by atoms with Gasteiger partial charge in [0.2, 0.25) is 5.91 Å². The van der Waals surface area contributed by atoms with Crippen molar-refractivity contribution in [2.75, 3.05) is 11.1 Å². The van der Waals surface area contributed by atoms with Crippen LogP contribution < -0.4 is 11.1 Å². The van der Waals surface area contributed by atoms with E-state index in [1.54, 1.807) is 0 Å². The van der Waals surface area contributed by atoms with Gasteiger partial charge in [0.25, 0.3) is 0 Å². The molecule has 0 aliphatic heterocycles. The van der Waals surface area contributed by atoms with Crippen LogP contribution in [0.5, 0.6) is 0 Å². The summed E-state index contributed by atoms with van der Waals surface area (Å²) in [7, 11) is 0. The van der Waals surface area contributed by atoms with E-state index in [2.05, 4.69) is 25.7 Å². The summed E-state index contributed by atoms with van der Waals surface area (Å²) in [5, 5.41) is 13.7. The van der Waals surface area contributed by atoms with Gasteiger partial charge in [0, 0.05) is 22.6 Å². The van der Waals surface area contributed by atoms with Crippen molar-refractivity contribution in [1.29, 1.82) is 0 Å². The van der Waals surface area contributed by atoms with Crippen LogP contribution in [0.4, 0.5) is 5.69 Å². The molecule has 26 heavy (non-hydrogen) atoms. The lowest BCUT2D eigenvalue weighted by Gasteiger charge is -2.06. The lowest BCUT2D eigenvalue weighted by Crippen LogP contribution is -2.14. The number of amides is 1. The SMILES string of the molecule is Cc1noc(C)c1CSCC(=O)Nc1ccc(-c2n[nH]c(CN)n2)cc1. The Morgan fingerprint density at radius 3 is 2.69 bits per heavy atom.